The third-order valence-corrected chi connectivity index (χ3v) is 13.7. The topological polar surface area (TPSA) is 180 Å². The molecular formula is C34H62Cl2N2O9S2. The van der Waals surface area contributed by atoms with Gasteiger partial charge in [-0.25, -0.2) is 0 Å². The second-order valence-electron chi connectivity index (χ2n) is 15.1. The van der Waals surface area contributed by atoms with Gasteiger partial charge in [0.05, 0.1) is 11.2 Å². The predicted molar refractivity (Wildman–Crippen MR) is 202 cm³/mol. The van der Waals surface area contributed by atoms with Gasteiger partial charge in [-0.3, -0.25) is 24.2 Å². The van der Waals surface area contributed by atoms with Gasteiger partial charge in [0, 0.05) is 66.9 Å². The minimum atomic E-state index is -2.00. The Morgan fingerprint density at radius 1 is 0.816 bits per heavy atom. The fraction of sp³-hybridized carbons (Fsp3) is 0.853. The zero-order valence-electron chi connectivity index (χ0n) is 30.3. The van der Waals surface area contributed by atoms with Crippen LogP contribution >= 0.6 is 48.3 Å². The van der Waals surface area contributed by atoms with E-state index in [9.17, 15) is 9.59 Å². The first-order chi connectivity index (χ1) is 20.6. The van der Waals surface area contributed by atoms with Crippen LogP contribution in [0.25, 0.3) is 0 Å². The second-order valence-corrected chi connectivity index (χ2v) is 17.6. The molecule has 288 valence electrons. The third kappa shape index (κ3) is 8.96. The molecule has 5 fully saturated rings. The molecule has 0 aromatic carbocycles. The molecular weight excluding hydrogens is 715 g/mol. The van der Waals surface area contributed by atoms with Gasteiger partial charge in [0.25, 0.3) is 0 Å². The standard InChI is InChI=1S/C34H54N2O6S2.2ClH.3H2O/c1-9-31(6)12-10-26-32(7,42-31)13-11-25-30(4,5)22-34(29(39)33(25,26)8,40-27(37)23(2)35-14-18-43-19-15-35)41-28(38)24(3)36-16-20-44-21-17-36;;;;;/h9,23-26H,1,10-22H2,2-8H3;2*1H;3*1H2/t23?,24?,25-,26-,31-,32+,33-,34?;;;;;/m0...../s1. The van der Waals surface area contributed by atoms with Crippen LogP contribution in [0, 0.1) is 22.7 Å². The molecule has 0 aromatic heterocycles. The lowest BCUT2D eigenvalue weighted by atomic mass is 9.43. The number of nitrogens with zero attached hydrogens (tertiary/aromatic N) is 2. The summed E-state index contributed by atoms with van der Waals surface area (Å²) in [6.45, 7) is 21.4. The summed E-state index contributed by atoms with van der Waals surface area (Å²) < 4.78 is 19.6. The first-order valence-electron chi connectivity index (χ1n) is 16.6. The van der Waals surface area contributed by atoms with E-state index >= 15 is 4.79 Å². The molecule has 0 bridgehead atoms. The lowest BCUT2D eigenvalue weighted by Gasteiger charge is -2.65. The minimum Gasteiger partial charge on any atom is -0.414 e. The fourth-order valence-electron chi connectivity index (χ4n) is 9.31. The summed E-state index contributed by atoms with van der Waals surface area (Å²) in [6, 6.07) is -1.10. The highest BCUT2D eigenvalue weighted by Gasteiger charge is 2.72. The van der Waals surface area contributed by atoms with Crippen LogP contribution in [0.3, 0.4) is 0 Å². The number of carbonyl (C=O) groups is 3. The van der Waals surface area contributed by atoms with Crippen molar-refractivity contribution in [1.29, 1.82) is 0 Å². The van der Waals surface area contributed by atoms with Crippen LogP contribution in [0.15, 0.2) is 12.7 Å². The van der Waals surface area contributed by atoms with Gasteiger partial charge >= 0.3 is 17.7 Å². The molecule has 49 heavy (non-hydrogen) atoms. The van der Waals surface area contributed by atoms with Crippen LogP contribution in [0.5, 0.6) is 0 Å². The smallest absolute Gasteiger partial charge is 0.326 e. The average molecular weight is 778 g/mol. The molecule has 2 aliphatic carbocycles. The normalized spacial score (nSPS) is 36.8. The average Bonchev–Trinajstić information content (AvgIpc) is 2.99. The minimum absolute atomic E-state index is 0. The third-order valence-electron chi connectivity index (χ3n) is 11.8. The Balaban J connectivity index is 0.00000461. The number of hydrogen-bond donors (Lipinski definition) is 0. The van der Waals surface area contributed by atoms with Crippen LogP contribution in [0.4, 0.5) is 0 Å². The van der Waals surface area contributed by atoms with E-state index in [1.807, 2.05) is 50.4 Å². The fourth-order valence-corrected chi connectivity index (χ4v) is 11.2. The summed E-state index contributed by atoms with van der Waals surface area (Å²) in [5, 5.41) is 0. The highest BCUT2D eigenvalue weighted by Crippen LogP contribution is 2.66. The van der Waals surface area contributed by atoms with Gasteiger partial charge in [-0.15, -0.1) is 31.4 Å². The molecule has 3 heterocycles. The lowest BCUT2D eigenvalue weighted by molar-refractivity contribution is -0.287. The van der Waals surface area contributed by atoms with E-state index in [4.69, 9.17) is 14.2 Å². The number of thioether (sulfide) groups is 2. The van der Waals surface area contributed by atoms with Crippen molar-refractivity contribution < 1.29 is 45.0 Å². The molecule has 7 atom stereocenters. The number of ether oxygens (including phenoxy) is 3. The Kier molecular flexibility index (Phi) is 17.7. The van der Waals surface area contributed by atoms with Gasteiger partial charge < -0.3 is 30.6 Å². The van der Waals surface area contributed by atoms with Crippen LogP contribution < -0.4 is 0 Å². The van der Waals surface area contributed by atoms with Gasteiger partial charge in [-0.1, -0.05) is 26.8 Å². The molecule has 3 saturated heterocycles. The molecule has 15 heteroatoms. The van der Waals surface area contributed by atoms with Crippen LogP contribution in [0.1, 0.15) is 80.6 Å². The molecule has 0 amide bonds. The van der Waals surface area contributed by atoms with Crippen LogP contribution in [-0.2, 0) is 28.6 Å². The molecule has 2 unspecified atom stereocenters. The predicted octanol–water partition coefficient (Wildman–Crippen LogP) is 3.56. The Bertz CT molecular complexity index is 1120. The van der Waals surface area contributed by atoms with Crippen molar-refractivity contribution in [3.05, 3.63) is 12.7 Å². The molecule has 6 N–H and O–H groups in total. The Hall–Kier alpha value is -0.610. The summed E-state index contributed by atoms with van der Waals surface area (Å²) in [4.78, 5) is 47.5. The van der Waals surface area contributed by atoms with Crippen LogP contribution in [-0.4, -0.2) is 122 Å². The summed E-state index contributed by atoms with van der Waals surface area (Å²) in [5.74, 6) is 0.384. The quantitative estimate of drug-likeness (QED) is 0.211. The van der Waals surface area contributed by atoms with Gasteiger partial charge in [-0.2, -0.15) is 23.5 Å². The van der Waals surface area contributed by atoms with Crippen molar-refractivity contribution >= 4 is 66.1 Å². The van der Waals surface area contributed by atoms with Crippen molar-refractivity contribution in [3.63, 3.8) is 0 Å². The molecule has 5 aliphatic rings. The van der Waals surface area contributed by atoms with E-state index in [1.54, 1.807) is 0 Å². The number of fused-ring (bicyclic) bond motifs is 3. The van der Waals surface area contributed by atoms with Crippen LogP contribution in [0.2, 0.25) is 0 Å². The van der Waals surface area contributed by atoms with E-state index in [1.165, 1.54) is 0 Å². The summed E-state index contributed by atoms with van der Waals surface area (Å²) >= 11 is 3.74. The van der Waals surface area contributed by atoms with E-state index in [2.05, 4.69) is 44.1 Å². The van der Waals surface area contributed by atoms with Gasteiger partial charge in [0.15, 0.2) is 0 Å². The Labute approximate surface area is 313 Å². The molecule has 11 nitrogen and oxygen atoms in total. The summed E-state index contributed by atoms with van der Waals surface area (Å²) in [7, 11) is 0. The van der Waals surface area contributed by atoms with Gasteiger partial charge in [-0.05, 0) is 64.7 Å². The van der Waals surface area contributed by atoms with Crippen molar-refractivity contribution in [3.8, 4) is 0 Å². The summed E-state index contributed by atoms with van der Waals surface area (Å²) in [5.41, 5.74) is -2.40. The SMILES string of the molecule is C=C[C@@]1(C)CC[C@@H]2[C@@]3(C)C(=O)C(OC(=O)C(C)N4CCSCC4)(OC(=O)C(C)N4CCSCC4)CC(C)(C)[C@@H]3CC[C@@]2(C)O1.Cl.Cl.O.O.O. The second kappa shape index (κ2) is 17.9. The monoisotopic (exact) mass is 776 g/mol. The van der Waals surface area contributed by atoms with E-state index in [0.717, 1.165) is 74.9 Å². The Morgan fingerprint density at radius 2 is 1.24 bits per heavy atom. The zero-order valence-corrected chi connectivity index (χ0v) is 33.5. The Morgan fingerprint density at radius 3 is 1.67 bits per heavy atom. The van der Waals surface area contributed by atoms with Crippen molar-refractivity contribution in [2.45, 2.75) is 110 Å². The number of esters is 2. The maximum absolute atomic E-state index is 15.3. The van der Waals surface area contributed by atoms with Gasteiger partial charge in [0.2, 0.25) is 5.78 Å². The molecule has 3 aliphatic heterocycles. The van der Waals surface area contributed by atoms with E-state index in [-0.39, 0.29) is 65.3 Å². The van der Waals surface area contributed by atoms with Gasteiger partial charge in [0.1, 0.15) is 12.1 Å². The van der Waals surface area contributed by atoms with Crippen molar-refractivity contribution in [2.24, 2.45) is 22.7 Å². The maximum atomic E-state index is 15.3. The highest BCUT2D eigenvalue weighted by molar-refractivity contribution is 7.99. The molecule has 0 radical (unpaired) electrons. The van der Waals surface area contributed by atoms with E-state index < -0.39 is 51.8 Å². The molecule has 2 saturated carbocycles. The van der Waals surface area contributed by atoms with E-state index in [0.29, 0.717) is 0 Å². The van der Waals surface area contributed by atoms with Crippen molar-refractivity contribution in [1.82, 2.24) is 9.80 Å². The number of halogens is 2. The summed E-state index contributed by atoms with van der Waals surface area (Å²) in [6.07, 6.45) is 5.18. The lowest BCUT2D eigenvalue weighted by Crippen LogP contribution is -2.72. The first kappa shape index (κ1) is 48.4. The number of ketones is 1. The molecule has 5 rings (SSSR count). The number of carbonyl (C=O) groups excluding carboxylic acids is 3. The first-order valence-corrected chi connectivity index (χ1v) is 18.9. The number of hydrogen-bond acceptors (Lipinski definition) is 10. The molecule has 0 aromatic rings. The maximum Gasteiger partial charge on any atom is 0.326 e. The number of rotatable bonds is 7. The highest BCUT2D eigenvalue weighted by atomic mass is 35.5. The van der Waals surface area contributed by atoms with Crippen molar-refractivity contribution in [2.75, 3.05) is 49.2 Å². The number of Topliss-reactive ketones (excluding diaryl/α,β-unsaturated/α-hetero) is 1. The molecule has 0 spiro atoms. The largest absolute Gasteiger partial charge is 0.414 e. The zero-order chi connectivity index (χ0) is 32.1.